The number of carbonyl (C=O) groups excluding carboxylic acids is 1. The summed E-state index contributed by atoms with van der Waals surface area (Å²) in [5.74, 6) is 0.700. The molecule has 0 aliphatic carbocycles. The number of anilines is 3. The van der Waals surface area contributed by atoms with Crippen molar-refractivity contribution in [3.8, 4) is 11.3 Å². The second kappa shape index (κ2) is 8.42. The van der Waals surface area contributed by atoms with E-state index in [0.717, 1.165) is 66.6 Å². The number of aromatic nitrogens is 4. The summed E-state index contributed by atoms with van der Waals surface area (Å²) in [4.78, 5) is 25.7. The van der Waals surface area contributed by atoms with Crippen LogP contribution in [0.2, 0.25) is 0 Å². The number of nitrogens with zero attached hydrogens (tertiary/aromatic N) is 6. The van der Waals surface area contributed by atoms with Crippen LogP contribution in [0, 0.1) is 0 Å². The van der Waals surface area contributed by atoms with Crippen LogP contribution in [0.3, 0.4) is 0 Å². The van der Waals surface area contributed by atoms with E-state index in [-0.39, 0.29) is 5.91 Å². The number of carbonyl (C=O) groups is 1. The number of ether oxygens (including phenoxy) is 1. The Hall–Kier alpha value is -3.98. The van der Waals surface area contributed by atoms with Gasteiger partial charge in [-0.25, -0.2) is 14.5 Å². The van der Waals surface area contributed by atoms with Crippen LogP contribution < -0.4 is 15.1 Å². The van der Waals surface area contributed by atoms with Crippen LogP contribution in [0.1, 0.15) is 15.9 Å². The smallest absolute Gasteiger partial charge is 0.251 e. The van der Waals surface area contributed by atoms with Gasteiger partial charge in [0.15, 0.2) is 11.5 Å². The molecule has 0 spiro atoms. The average Bonchev–Trinajstić information content (AvgIpc) is 3.38. The van der Waals surface area contributed by atoms with Gasteiger partial charge in [0.2, 0.25) is 0 Å². The molecule has 4 aromatic rings. The predicted octanol–water partition coefficient (Wildman–Crippen LogP) is 2.68. The average molecular weight is 456 g/mol. The van der Waals surface area contributed by atoms with Crippen LogP contribution in [0.5, 0.6) is 0 Å². The van der Waals surface area contributed by atoms with E-state index in [1.54, 1.807) is 6.33 Å². The molecular weight excluding hydrogens is 430 g/mol. The maximum atomic E-state index is 12.1. The van der Waals surface area contributed by atoms with E-state index in [2.05, 4.69) is 50.6 Å². The van der Waals surface area contributed by atoms with E-state index in [1.807, 2.05) is 34.8 Å². The summed E-state index contributed by atoms with van der Waals surface area (Å²) in [5, 5.41) is 7.36. The molecule has 0 unspecified atom stereocenters. The SMILES string of the molecule is CN(c1ccc(N2CCOCC2)cc1)c1ncc(-c2ccc3c(c2)CCNC3=O)n2ncnc12. The Labute approximate surface area is 197 Å². The normalized spacial score (nSPS) is 15.8. The topological polar surface area (TPSA) is 87.9 Å². The standard InChI is InChI=1S/C25H25N7O2/c1-30(19-3-5-20(6-4-19)31-10-12-34-13-11-31)23-24-28-16-29-32(24)22(15-27-23)18-2-7-21-17(14-18)8-9-26-25(21)33/h2-7,14-16H,8-13H2,1H3,(H,26,33). The van der Waals surface area contributed by atoms with E-state index in [1.165, 1.54) is 5.69 Å². The Morgan fingerprint density at radius 2 is 1.88 bits per heavy atom. The number of hydrogen-bond acceptors (Lipinski definition) is 7. The number of rotatable bonds is 4. The third kappa shape index (κ3) is 3.54. The lowest BCUT2D eigenvalue weighted by Crippen LogP contribution is -2.36. The Bertz CT molecular complexity index is 1360. The molecule has 172 valence electrons. The van der Waals surface area contributed by atoms with Gasteiger partial charge in [0.25, 0.3) is 5.91 Å². The molecule has 0 bridgehead atoms. The molecule has 2 aliphatic heterocycles. The first-order valence-corrected chi connectivity index (χ1v) is 11.5. The fourth-order valence-electron chi connectivity index (χ4n) is 4.66. The van der Waals surface area contributed by atoms with Gasteiger partial charge in [0.1, 0.15) is 6.33 Å². The quantitative estimate of drug-likeness (QED) is 0.506. The van der Waals surface area contributed by atoms with Crippen LogP contribution in [0.25, 0.3) is 16.9 Å². The second-order valence-electron chi connectivity index (χ2n) is 8.52. The Kier molecular flexibility index (Phi) is 5.10. The minimum absolute atomic E-state index is 0.0200. The van der Waals surface area contributed by atoms with Crippen molar-refractivity contribution >= 4 is 28.7 Å². The Morgan fingerprint density at radius 3 is 2.71 bits per heavy atom. The number of amides is 1. The minimum Gasteiger partial charge on any atom is -0.378 e. The molecule has 1 amide bonds. The number of fused-ring (bicyclic) bond motifs is 2. The molecule has 6 rings (SSSR count). The lowest BCUT2D eigenvalue weighted by Gasteiger charge is -2.29. The molecule has 9 heteroatoms. The van der Waals surface area contributed by atoms with Crippen LogP contribution in [0.15, 0.2) is 55.0 Å². The zero-order chi connectivity index (χ0) is 23.1. The molecule has 2 aromatic carbocycles. The van der Waals surface area contributed by atoms with Gasteiger partial charge < -0.3 is 19.9 Å². The van der Waals surface area contributed by atoms with Gasteiger partial charge in [0, 0.05) is 49.2 Å². The molecule has 2 aromatic heterocycles. The molecule has 0 atom stereocenters. The molecule has 1 N–H and O–H groups in total. The van der Waals surface area contributed by atoms with Crippen molar-refractivity contribution in [2.45, 2.75) is 6.42 Å². The third-order valence-electron chi connectivity index (χ3n) is 6.54. The van der Waals surface area contributed by atoms with Crippen molar-refractivity contribution < 1.29 is 9.53 Å². The highest BCUT2D eigenvalue weighted by Gasteiger charge is 2.20. The maximum absolute atomic E-state index is 12.1. The zero-order valence-corrected chi connectivity index (χ0v) is 18.9. The van der Waals surface area contributed by atoms with Crippen molar-refractivity contribution in [2.24, 2.45) is 0 Å². The van der Waals surface area contributed by atoms with E-state index >= 15 is 0 Å². The number of morpholine rings is 1. The van der Waals surface area contributed by atoms with Gasteiger partial charge in [-0.1, -0.05) is 6.07 Å². The largest absolute Gasteiger partial charge is 0.378 e. The van der Waals surface area contributed by atoms with Gasteiger partial charge in [-0.2, -0.15) is 5.10 Å². The highest BCUT2D eigenvalue weighted by molar-refractivity contribution is 5.97. The first-order chi connectivity index (χ1) is 16.7. The van der Waals surface area contributed by atoms with E-state index in [9.17, 15) is 4.79 Å². The second-order valence-corrected chi connectivity index (χ2v) is 8.52. The summed E-state index contributed by atoms with van der Waals surface area (Å²) in [6.45, 7) is 4.00. The molecule has 9 nitrogen and oxygen atoms in total. The Morgan fingerprint density at radius 1 is 1.06 bits per heavy atom. The monoisotopic (exact) mass is 455 g/mol. The van der Waals surface area contributed by atoms with Crippen molar-refractivity contribution in [1.82, 2.24) is 24.9 Å². The van der Waals surface area contributed by atoms with Crippen molar-refractivity contribution in [2.75, 3.05) is 49.7 Å². The van der Waals surface area contributed by atoms with Gasteiger partial charge in [0.05, 0.1) is 25.1 Å². The predicted molar refractivity (Wildman–Crippen MR) is 130 cm³/mol. The summed E-state index contributed by atoms with van der Waals surface area (Å²) in [7, 11) is 1.98. The Balaban J connectivity index is 1.32. The first-order valence-electron chi connectivity index (χ1n) is 11.5. The summed E-state index contributed by atoms with van der Waals surface area (Å²) in [6, 6.07) is 14.3. The molecule has 0 saturated carbocycles. The van der Waals surface area contributed by atoms with Crippen molar-refractivity contribution in [3.63, 3.8) is 0 Å². The van der Waals surface area contributed by atoms with Crippen molar-refractivity contribution in [3.05, 3.63) is 66.1 Å². The highest BCUT2D eigenvalue weighted by Crippen LogP contribution is 2.30. The molecule has 4 heterocycles. The molecule has 1 fully saturated rings. The highest BCUT2D eigenvalue weighted by atomic mass is 16.5. The van der Waals surface area contributed by atoms with Crippen LogP contribution in [0.4, 0.5) is 17.2 Å². The lowest BCUT2D eigenvalue weighted by molar-refractivity contribution is 0.0946. The summed E-state index contributed by atoms with van der Waals surface area (Å²) >= 11 is 0. The lowest BCUT2D eigenvalue weighted by atomic mass is 9.97. The van der Waals surface area contributed by atoms with Crippen LogP contribution >= 0.6 is 0 Å². The van der Waals surface area contributed by atoms with Gasteiger partial charge in [-0.3, -0.25) is 4.79 Å². The maximum Gasteiger partial charge on any atom is 0.251 e. The van der Waals surface area contributed by atoms with Gasteiger partial charge >= 0.3 is 0 Å². The van der Waals surface area contributed by atoms with Crippen LogP contribution in [-0.4, -0.2) is 65.4 Å². The number of nitrogens with one attached hydrogen (secondary N) is 1. The van der Waals surface area contributed by atoms with Gasteiger partial charge in [-0.15, -0.1) is 0 Å². The number of benzene rings is 2. The molecule has 2 aliphatic rings. The van der Waals surface area contributed by atoms with E-state index in [4.69, 9.17) is 9.72 Å². The fourth-order valence-corrected chi connectivity index (χ4v) is 4.66. The zero-order valence-electron chi connectivity index (χ0n) is 18.9. The third-order valence-corrected chi connectivity index (χ3v) is 6.54. The molecule has 0 radical (unpaired) electrons. The summed E-state index contributed by atoms with van der Waals surface area (Å²) in [6.07, 6.45) is 4.18. The number of hydrogen-bond donors (Lipinski definition) is 1. The first kappa shape index (κ1) is 20.6. The summed E-state index contributed by atoms with van der Waals surface area (Å²) < 4.78 is 7.27. The molecular formula is C25H25N7O2. The van der Waals surface area contributed by atoms with E-state index < -0.39 is 0 Å². The minimum atomic E-state index is -0.0200. The van der Waals surface area contributed by atoms with E-state index in [0.29, 0.717) is 12.2 Å². The van der Waals surface area contributed by atoms with Gasteiger partial charge in [-0.05, 0) is 48.4 Å². The molecule has 34 heavy (non-hydrogen) atoms. The fraction of sp³-hybridized carbons (Fsp3) is 0.280. The van der Waals surface area contributed by atoms with Crippen LogP contribution in [-0.2, 0) is 11.2 Å². The van der Waals surface area contributed by atoms with Crippen molar-refractivity contribution in [1.29, 1.82) is 0 Å². The molecule has 1 saturated heterocycles. The summed E-state index contributed by atoms with van der Waals surface area (Å²) in [5.41, 5.74) is 6.44.